The molecule has 28 heavy (non-hydrogen) atoms. The number of nitrogens with zero attached hydrogens (tertiary/aromatic N) is 2. The minimum Gasteiger partial charge on any atom is -0.497 e. The zero-order valence-electron chi connectivity index (χ0n) is 16.1. The maximum Gasteiger partial charge on any atom is 0.268 e. The molecule has 1 aliphatic heterocycles. The zero-order chi connectivity index (χ0) is 19.7. The van der Waals surface area contributed by atoms with Crippen LogP contribution in [0.4, 0.5) is 0 Å². The molecule has 7 heteroatoms. The van der Waals surface area contributed by atoms with E-state index in [1.807, 2.05) is 18.2 Å². The third-order valence-electron chi connectivity index (χ3n) is 5.21. The summed E-state index contributed by atoms with van der Waals surface area (Å²) in [7, 11) is -2.06. The molecule has 2 heterocycles. The summed E-state index contributed by atoms with van der Waals surface area (Å²) >= 11 is 0. The van der Waals surface area contributed by atoms with Gasteiger partial charge in [-0.1, -0.05) is 18.2 Å². The molecular weight excluding hydrogens is 374 g/mol. The van der Waals surface area contributed by atoms with E-state index in [1.54, 1.807) is 43.6 Å². The SMILES string of the molecule is COc1cc(CN2CCN[C@H](C)C2)c2ccn(S(=O)(=O)c3ccccc3)c2c1. The fourth-order valence-corrected chi connectivity index (χ4v) is 5.19. The van der Waals surface area contributed by atoms with Gasteiger partial charge in [-0.15, -0.1) is 0 Å². The zero-order valence-corrected chi connectivity index (χ0v) is 16.9. The highest BCUT2D eigenvalue weighted by Crippen LogP contribution is 2.30. The van der Waals surface area contributed by atoms with Crippen molar-refractivity contribution in [1.82, 2.24) is 14.2 Å². The second-order valence-corrected chi connectivity index (χ2v) is 9.05. The highest BCUT2D eigenvalue weighted by molar-refractivity contribution is 7.90. The monoisotopic (exact) mass is 399 g/mol. The van der Waals surface area contributed by atoms with Crippen LogP contribution >= 0.6 is 0 Å². The van der Waals surface area contributed by atoms with E-state index in [2.05, 4.69) is 17.1 Å². The fourth-order valence-electron chi connectivity index (χ4n) is 3.83. The smallest absolute Gasteiger partial charge is 0.268 e. The number of hydrogen-bond acceptors (Lipinski definition) is 5. The van der Waals surface area contributed by atoms with Crippen LogP contribution in [0.15, 0.2) is 59.6 Å². The van der Waals surface area contributed by atoms with E-state index >= 15 is 0 Å². The minimum atomic E-state index is -3.67. The van der Waals surface area contributed by atoms with Gasteiger partial charge in [-0.05, 0) is 36.8 Å². The van der Waals surface area contributed by atoms with Crippen LogP contribution in [0, 0.1) is 0 Å². The molecule has 3 aromatic rings. The number of aromatic nitrogens is 1. The Morgan fingerprint density at radius 3 is 2.68 bits per heavy atom. The van der Waals surface area contributed by atoms with Crippen molar-refractivity contribution in [2.75, 3.05) is 26.7 Å². The number of benzene rings is 2. The Bertz CT molecular complexity index is 1080. The molecule has 6 nitrogen and oxygen atoms in total. The quantitative estimate of drug-likeness (QED) is 0.715. The van der Waals surface area contributed by atoms with Crippen LogP contribution in [-0.4, -0.2) is 50.1 Å². The van der Waals surface area contributed by atoms with Crippen molar-refractivity contribution in [2.24, 2.45) is 0 Å². The van der Waals surface area contributed by atoms with Crippen LogP contribution < -0.4 is 10.1 Å². The van der Waals surface area contributed by atoms with Gasteiger partial charge >= 0.3 is 0 Å². The van der Waals surface area contributed by atoms with Gasteiger partial charge in [0.25, 0.3) is 10.0 Å². The number of piperazine rings is 1. The molecular formula is C21H25N3O3S. The average Bonchev–Trinajstić information content (AvgIpc) is 3.14. The topological polar surface area (TPSA) is 63.6 Å². The van der Waals surface area contributed by atoms with E-state index in [9.17, 15) is 8.42 Å². The average molecular weight is 400 g/mol. The molecule has 148 valence electrons. The van der Waals surface area contributed by atoms with Gasteiger partial charge in [0.2, 0.25) is 0 Å². The van der Waals surface area contributed by atoms with Crippen molar-refractivity contribution < 1.29 is 13.2 Å². The Morgan fingerprint density at radius 2 is 1.96 bits per heavy atom. The van der Waals surface area contributed by atoms with Crippen molar-refractivity contribution in [1.29, 1.82) is 0 Å². The Balaban J connectivity index is 1.79. The van der Waals surface area contributed by atoms with Crippen LogP contribution in [0.2, 0.25) is 0 Å². The summed E-state index contributed by atoms with van der Waals surface area (Å²) in [6, 6.07) is 14.6. The standard InChI is InChI=1S/C21H25N3O3S/c1-16-14-23(11-9-22-16)15-17-12-18(27-2)13-21-20(17)8-10-24(21)28(25,26)19-6-4-3-5-7-19/h3-8,10,12-13,16,22H,9,11,14-15H2,1-2H3/t16-/m1/s1. The molecule has 1 aromatic heterocycles. The van der Waals surface area contributed by atoms with Crippen molar-refractivity contribution in [2.45, 2.75) is 24.4 Å². The van der Waals surface area contributed by atoms with Gasteiger partial charge in [0, 0.05) is 49.9 Å². The lowest BCUT2D eigenvalue weighted by Gasteiger charge is -2.32. The normalized spacial score (nSPS) is 18.4. The van der Waals surface area contributed by atoms with E-state index in [0.29, 0.717) is 17.3 Å². The van der Waals surface area contributed by atoms with Crippen molar-refractivity contribution >= 4 is 20.9 Å². The number of nitrogens with one attached hydrogen (secondary N) is 1. The number of rotatable bonds is 5. The predicted octanol–water partition coefficient (Wildman–Crippen LogP) is 2.68. The summed E-state index contributed by atoms with van der Waals surface area (Å²) in [6.45, 7) is 5.82. The Kier molecular flexibility index (Phi) is 5.14. The number of methoxy groups -OCH3 is 1. The van der Waals surface area contributed by atoms with Crippen molar-refractivity contribution in [3.8, 4) is 5.75 Å². The number of hydrogen-bond donors (Lipinski definition) is 1. The lowest BCUT2D eigenvalue weighted by Crippen LogP contribution is -2.48. The van der Waals surface area contributed by atoms with E-state index in [0.717, 1.165) is 37.1 Å². The second kappa shape index (κ2) is 7.58. The van der Waals surface area contributed by atoms with E-state index < -0.39 is 10.0 Å². The molecule has 0 unspecified atom stereocenters. The summed E-state index contributed by atoms with van der Waals surface area (Å²) in [5, 5.41) is 4.39. The van der Waals surface area contributed by atoms with Crippen molar-refractivity contribution in [3.05, 3.63) is 60.3 Å². The van der Waals surface area contributed by atoms with Crippen LogP contribution in [-0.2, 0) is 16.6 Å². The van der Waals surface area contributed by atoms with E-state index in [-0.39, 0.29) is 4.90 Å². The first kappa shape index (κ1) is 19.0. The molecule has 0 bridgehead atoms. The lowest BCUT2D eigenvalue weighted by molar-refractivity contribution is 0.200. The molecule has 1 fully saturated rings. The van der Waals surface area contributed by atoms with Gasteiger partial charge < -0.3 is 10.1 Å². The van der Waals surface area contributed by atoms with E-state index in [4.69, 9.17) is 4.74 Å². The van der Waals surface area contributed by atoms with Crippen LogP contribution in [0.3, 0.4) is 0 Å². The Hall–Kier alpha value is -2.35. The van der Waals surface area contributed by atoms with Gasteiger partial charge in [0.05, 0.1) is 17.5 Å². The summed E-state index contributed by atoms with van der Waals surface area (Å²) in [5.74, 6) is 0.661. The van der Waals surface area contributed by atoms with Gasteiger partial charge in [-0.3, -0.25) is 4.90 Å². The molecule has 2 aromatic carbocycles. The van der Waals surface area contributed by atoms with Gasteiger partial charge in [0.1, 0.15) is 5.75 Å². The molecule has 4 rings (SSSR count). The first-order valence-corrected chi connectivity index (χ1v) is 10.9. The number of fused-ring (bicyclic) bond motifs is 1. The molecule has 0 spiro atoms. The molecule has 0 aliphatic carbocycles. The third kappa shape index (κ3) is 3.53. The van der Waals surface area contributed by atoms with Gasteiger partial charge in [0.15, 0.2) is 0 Å². The maximum absolute atomic E-state index is 13.2. The number of ether oxygens (including phenoxy) is 1. The third-order valence-corrected chi connectivity index (χ3v) is 6.92. The first-order valence-electron chi connectivity index (χ1n) is 9.43. The highest BCUT2D eigenvalue weighted by Gasteiger charge is 2.22. The molecule has 0 amide bonds. The predicted molar refractivity (Wildman–Crippen MR) is 110 cm³/mol. The second-order valence-electron chi connectivity index (χ2n) is 7.24. The summed E-state index contributed by atoms with van der Waals surface area (Å²) < 4.78 is 33.1. The van der Waals surface area contributed by atoms with Gasteiger partial charge in [-0.25, -0.2) is 12.4 Å². The minimum absolute atomic E-state index is 0.271. The Morgan fingerprint density at radius 1 is 1.18 bits per heavy atom. The summed E-state index contributed by atoms with van der Waals surface area (Å²) in [6.07, 6.45) is 1.64. The molecule has 1 N–H and O–H groups in total. The molecule has 0 saturated carbocycles. The van der Waals surface area contributed by atoms with E-state index in [1.165, 1.54) is 3.97 Å². The summed E-state index contributed by atoms with van der Waals surface area (Å²) in [4.78, 5) is 2.66. The Labute approximate surface area is 165 Å². The molecule has 1 saturated heterocycles. The van der Waals surface area contributed by atoms with Crippen LogP contribution in [0.1, 0.15) is 12.5 Å². The fraction of sp³-hybridized carbons (Fsp3) is 0.333. The highest BCUT2D eigenvalue weighted by atomic mass is 32.2. The molecule has 1 atom stereocenters. The van der Waals surface area contributed by atoms with Crippen LogP contribution in [0.5, 0.6) is 5.75 Å². The molecule has 0 radical (unpaired) electrons. The summed E-state index contributed by atoms with van der Waals surface area (Å²) in [5.41, 5.74) is 1.71. The molecule has 1 aliphatic rings. The van der Waals surface area contributed by atoms with Gasteiger partial charge in [-0.2, -0.15) is 0 Å². The first-order chi connectivity index (χ1) is 13.5. The lowest BCUT2D eigenvalue weighted by atomic mass is 10.1. The van der Waals surface area contributed by atoms with Crippen molar-refractivity contribution in [3.63, 3.8) is 0 Å². The maximum atomic E-state index is 13.2. The van der Waals surface area contributed by atoms with Crippen LogP contribution in [0.25, 0.3) is 10.9 Å². The largest absolute Gasteiger partial charge is 0.497 e.